The van der Waals surface area contributed by atoms with E-state index in [0.29, 0.717) is 17.9 Å². The van der Waals surface area contributed by atoms with Crippen molar-refractivity contribution in [3.63, 3.8) is 0 Å². The quantitative estimate of drug-likeness (QED) is 0.880. The van der Waals surface area contributed by atoms with Crippen molar-refractivity contribution in [2.45, 2.75) is 26.4 Å². The van der Waals surface area contributed by atoms with Crippen LogP contribution in [0.1, 0.15) is 23.3 Å². The number of halogens is 1. The number of aromatic nitrogens is 3. The Balaban J connectivity index is 2.20. The Morgan fingerprint density at radius 2 is 2.06 bits per heavy atom. The van der Waals surface area contributed by atoms with Crippen LogP contribution in [0, 0.1) is 19.7 Å². The number of hydrogen-bond acceptors (Lipinski definition) is 3. The van der Waals surface area contributed by atoms with Gasteiger partial charge >= 0.3 is 0 Å². The summed E-state index contributed by atoms with van der Waals surface area (Å²) in [5.74, 6) is 1.20. The molecule has 0 spiro atoms. The molecule has 0 amide bonds. The summed E-state index contributed by atoms with van der Waals surface area (Å²) in [4.78, 5) is 4.18. The van der Waals surface area contributed by atoms with E-state index in [0.717, 1.165) is 5.82 Å². The molecule has 0 fully saturated rings. The van der Waals surface area contributed by atoms with E-state index < -0.39 is 6.04 Å². The van der Waals surface area contributed by atoms with Crippen LogP contribution < -0.4 is 5.73 Å². The van der Waals surface area contributed by atoms with Crippen molar-refractivity contribution in [1.29, 1.82) is 0 Å². The number of nitrogens with two attached hydrogens (primary N) is 1. The molecule has 1 unspecified atom stereocenters. The average Bonchev–Trinajstić information content (AvgIpc) is 2.58. The lowest BCUT2D eigenvalue weighted by atomic mass is 10.1. The lowest BCUT2D eigenvalue weighted by Gasteiger charge is -2.13. The first-order valence-electron chi connectivity index (χ1n) is 5.46. The molecule has 0 saturated heterocycles. The van der Waals surface area contributed by atoms with Crippen LogP contribution in [0.2, 0.25) is 0 Å². The molecule has 1 atom stereocenters. The maximum Gasteiger partial charge on any atom is 0.147 e. The Hall–Kier alpha value is -1.75. The van der Waals surface area contributed by atoms with Crippen molar-refractivity contribution in [3.8, 4) is 0 Å². The monoisotopic (exact) mass is 234 g/mol. The average molecular weight is 234 g/mol. The summed E-state index contributed by atoms with van der Waals surface area (Å²) >= 11 is 0. The fraction of sp³-hybridized carbons (Fsp3) is 0.333. The molecule has 0 aliphatic carbocycles. The zero-order valence-electron chi connectivity index (χ0n) is 9.89. The minimum absolute atomic E-state index is 0.283. The van der Waals surface area contributed by atoms with Crippen molar-refractivity contribution in [2.75, 3.05) is 0 Å². The van der Waals surface area contributed by atoms with Crippen LogP contribution in [-0.4, -0.2) is 14.8 Å². The second kappa shape index (κ2) is 4.63. The van der Waals surface area contributed by atoms with Gasteiger partial charge < -0.3 is 5.73 Å². The van der Waals surface area contributed by atoms with Crippen LogP contribution >= 0.6 is 0 Å². The first-order valence-corrected chi connectivity index (χ1v) is 5.46. The molecule has 90 valence electrons. The first-order chi connectivity index (χ1) is 8.08. The molecule has 4 nitrogen and oxygen atoms in total. The summed E-state index contributed by atoms with van der Waals surface area (Å²) in [6.07, 6.45) is 0. The normalized spacial score (nSPS) is 12.7. The Morgan fingerprint density at radius 3 is 2.65 bits per heavy atom. The molecule has 0 bridgehead atoms. The van der Waals surface area contributed by atoms with Crippen molar-refractivity contribution in [2.24, 2.45) is 5.73 Å². The van der Waals surface area contributed by atoms with Crippen LogP contribution in [-0.2, 0) is 6.54 Å². The molecule has 0 saturated carbocycles. The van der Waals surface area contributed by atoms with Crippen molar-refractivity contribution < 1.29 is 4.39 Å². The Bertz CT molecular complexity index is 521. The maximum atomic E-state index is 13.5. The number of aryl methyl sites for hydroxylation is 2. The molecule has 1 aromatic heterocycles. The van der Waals surface area contributed by atoms with Crippen LogP contribution in [0.15, 0.2) is 24.3 Å². The van der Waals surface area contributed by atoms with Gasteiger partial charge in [0.15, 0.2) is 0 Å². The third-order valence-electron chi connectivity index (χ3n) is 2.64. The van der Waals surface area contributed by atoms with Crippen LogP contribution in [0.4, 0.5) is 4.39 Å². The number of rotatable bonds is 3. The number of hydrogen-bond donors (Lipinski definition) is 1. The van der Waals surface area contributed by atoms with Gasteiger partial charge in [0, 0.05) is 5.56 Å². The highest BCUT2D eigenvalue weighted by atomic mass is 19.1. The summed E-state index contributed by atoms with van der Waals surface area (Å²) in [5, 5.41) is 4.21. The van der Waals surface area contributed by atoms with E-state index in [1.807, 2.05) is 13.8 Å². The number of nitrogens with zero attached hydrogens (tertiary/aromatic N) is 3. The third-order valence-corrected chi connectivity index (χ3v) is 2.64. The molecule has 0 radical (unpaired) electrons. The van der Waals surface area contributed by atoms with Gasteiger partial charge in [-0.15, -0.1) is 0 Å². The maximum absolute atomic E-state index is 13.5. The van der Waals surface area contributed by atoms with E-state index in [2.05, 4.69) is 10.1 Å². The second-order valence-corrected chi connectivity index (χ2v) is 4.02. The zero-order valence-corrected chi connectivity index (χ0v) is 9.89. The van der Waals surface area contributed by atoms with Crippen LogP contribution in [0.5, 0.6) is 0 Å². The molecule has 2 N–H and O–H groups in total. The predicted octanol–water partition coefficient (Wildman–Crippen LogP) is 1.73. The topological polar surface area (TPSA) is 56.7 Å². The predicted molar refractivity (Wildman–Crippen MR) is 62.8 cm³/mol. The van der Waals surface area contributed by atoms with E-state index in [4.69, 9.17) is 5.73 Å². The van der Waals surface area contributed by atoms with Crippen molar-refractivity contribution in [1.82, 2.24) is 14.8 Å². The highest BCUT2D eigenvalue weighted by Crippen LogP contribution is 2.16. The summed E-state index contributed by atoms with van der Waals surface area (Å²) in [6.45, 7) is 4.10. The van der Waals surface area contributed by atoms with Crippen LogP contribution in [0.25, 0.3) is 0 Å². The second-order valence-electron chi connectivity index (χ2n) is 4.02. The minimum atomic E-state index is -0.420. The fourth-order valence-corrected chi connectivity index (χ4v) is 1.79. The minimum Gasteiger partial charge on any atom is -0.322 e. The molecular weight excluding hydrogens is 219 g/mol. The number of benzene rings is 1. The van der Waals surface area contributed by atoms with Crippen molar-refractivity contribution in [3.05, 3.63) is 47.3 Å². The van der Waals surface area contributed by atoms with E-state index in [9.17, 15) is 4.39 Å². The van der Waals surface area contributed by atoms with Gasteiger partial charge in [0.1, 0.15) is 17.5 Å². The lowest BCUT2D eigenvalue weighted by molar-refractivity contribution is 0.491. The Labute approximate surface area is 99.3 Å². The summed E-state index contributed by atoms with van der Waals surface area (Å²) in [5.41, 5.74) is 6.48. The Morgan fingerprint density at radius 1 is 1.35 bits per heavy atom. The summed E-state index contributed by atoms with van der Waals surface area (Å²) in [6, 6.07) is 6.11. The Kier molecular flexibility index (Phi) is 3.19. The van der Waals surface area contributed by atoms with E-state index in [1.54, 1.807) is 22.9 Å². The molecule has 2 rings (SSSR count). The van der Waals surface area contributed by atoms with Gasteiger partial charge in [-0.3, -0.25) is 0 Å². The third kappa shape index (κ3) is 2.50. The van der Waals surface area contributed by atoms with Gasteiger partial charge in [-0.05, 0) is 19.9 Å². The first kappa shape index (κ1) is 11.7. The van der Waals surface area contributed by atoms with Gasteiger partial charge in [-0.2, -0.15) is 5.10 Å². The smallest absolute Gasteiger partial charge is 0.147 e. The standard InChI is InChI=1S/C12H15FN4/c1-8-15-9(2)17(16-8)7-12(14)10-5-3-4-6-11(10)13/h3-6,12H,7,14H2,1-2H3. The highest BCUT2D eigenvalue weighted by molar-refractivity contribution is 5.20. The molecule has 17 heavy (non-hydrogen) atoms. The summed E-state index contributed by atoms with van der Waals surface area (Å²) in [7, 11) is 0. The van der Waals surface area contributed by atoms with Gasteiger partial charge in [0.25, 0.3) is 0 Å². The lowest BCUT2D eigenvalue weighted by Crippen LogP contribution is -2.20. The largest absolute Gasteiger partial charge is 0.322 e. The van der Waals surface area contributed by atoms with Crippen molar-refractivity contribution >= 4 is 0 Å². The van der Waals surface area contributed by atoms with Crippen LogP contribution in [0.3, 0.4) is 0 Å². The van der Waals surface area contributed by atoms with Gasteiger partial charge in [-0.1, -0.05) is 18.2 Å². The highest BCUT2D eigenvalue weighted by Gasteiger charge is 2.13. The molecule has 1 heterocycles. The molecule has 5 heteroatoms. The van der Waals surface area contributed by atoms with Gasteiger partial charge in [-0.25, -0.2) is 14.1 Å². The molecule has 0 aliphatic rings. The van der Waals surface area contributed by atoms with Gasteiger partial charge in [0.05, 0.1) is 12.6 Å². The van der Waals surface area contributed by atoms with E-state index in [1.165, 1.54) is 6.07 Å². The van der Waals surface area contributed by atoms with E-state index >= 15 is 0 Å². The molecule has 2 aromatic rings. The zero-order chi connectivity index (χ0) is 12.4. The van der Waals surface area contributed by atoms with Gasteiger partial charge in [0.2, 0.25) is 0 Å². The SMILES string of the molecule is Cc1nc(C)n(CC(N)c2ccccc2F)n1. The van der Waals surface area contributed by atoms with E-state index in [-0.39, 0.29) is 5.82 Å². The molecular formula is C12H15FN4. The fourth-order valence-electron chi connectivity index (χ4n) is 1.79. The summed E-state index contributed by atoms with van der Waals surface area (Å²) < 4.78 is 15.2. The molecule has 1 aromatic carbocycles. The molecule has 0 aliphatic heterocycles.